The van der Waals surface area contributed by atoms with Crippen molar-refractivity contribution in [1.82, 2.24) is 9.55 Å². The van der Waals surface area contributed by atoms with Gasteiger partial charge in [-0.15, -0.1) is 0 Å². The third kappa shape index (κ3) is 3.92. The van der Waals surface area contributed by atoms with Crippen LogP contribution in [0.5, 0.6) is 0 Å². The second-order valence-electron chi connectivity index (χ2n) is 7.47. The summed E-state index contributed by atoms with van der Waals surface area (Å²) in [6.07, 6.45) is 5.76. The summed E-state index contributed by atoms with van der Waals surface area (Å²) in [5, 5.41) is 2.95. The molecule has 0 radical (unpaired) electrons. The zero-order chi connectivity index (χ0) is 20.4. The van der Waals surface area contributed by atoms with Gasteiger partial charge in [0, 0.05) is 11.6 Å². The van der Waals surface area contributed by atoms with Gasteiger partial charge in [0.25, 0.3) is 5.91 Å². The third-order valence-corrected chi connectivity index (χ3v) is 7.37. The normalized spacial score (nSPS) is 15.5. The van der Waals surface area contributed by atoms with E-state index in [2.05, 4.69) is 14.9 Å². The number of anilines is 1. The molecule has 0 atom stereocenters. The molecule has 0 aliphatic heterocycles. The summed E-state index contributed by atoms with van der Waals surface area (Å²) in [4.78, 5) is 17.7. The number of amides is 1. The van der Waals surface area contributed by atoms with E-state index in [1.807, 2.05) is 24.3 Å². The third-order valence-electron chi connectivity index (χ3n) is 5.62. The second kappa shape index (κ2) is 7.99. The summed E-state index contributed by atoms with van der Waals surface area (Å²) in [6.45, 7) is 1.60. The van der Waals surface area contributed by atoms with Gasteiger partial charge in [0.05, 0.1) is 21.7 Å². The Morgan fingerprint density at radius 3 is 2.45 bits per heavy atom. The van der Waals surface area contributed by atoms with Crippen molar-refractivity contribution in [2.75, 3.05) is 11.1 Å². The first-order chi connectivity index (χ1) is 14.0. The molecule has 6 nitrogen and oxygen atoms in total. The molecule has 0 bridgehead atoms. The van der Waals surface area contributed by atoms with E-state index in [0.29, 0.717) is 17.6 Å². The SMILES string of the molecule is CCS(=O)(=O)c1ccc(C(=O)Nc2nc3ccccc3n2C2CCCCC2)cc1. The predicted molar refractivity (Wildman–Crippen MR) is 114 cm³/mol. The Kier molecular flexibility index (Phi) is 5.41. The lowest BCUT2D eigenvalue weighted by atomic mass is 9.95. The van der Waals surface area contributed by atoms with E-state index < -0.39 is 9.84 Å². The summed E-state index contributed by atoms with van der Waals surface area (Å²) in [7, 11) is -3.29. The van der Waals surface area contributed by atoms with Crippen LogP contribution in [0.15, 0.2) is 53.4 Å². The molecule has 3 aromatic rings. The number of imidazole rings is 1. The fourth-order valence-electron chi connectivity index (χ4n) is 4.00. The lowest BCUT2D eigenvalue weighted by molar-refractivity contribution is 0.102. The number of aromatic nitrogens is 2. The highest BCUT2D eigenvalue weighted by molar-refractivity contribution is 7.91. The van der Waals surface area contributed by atoms with E-state index >= 15 is 0 Å². The molecule has 1 heterocycles. The Morgan fingerprint density at radius 1 is 1.07 bits per heavy atom. The van der Waals surface area contributed by atoms with Crippen LogP contribution >= 0.6 is 0 Å². The quantitative estimate of drug-likeness (QED) is 0.666. The fourth-order valence-corrected chi connectivity index (χ4v) is 4.88. The average molecular weight is 412 g/mol. The molecule has 4 rings (SSSR count). The molecule has 0 unspecified atom stereocenters. The molecule has 1 aliphatic rings. The molecule has 29 heavy (non-hydrogen) atoms. The zero-order valence-electron chi connectivity index (χ0n) is 16.5. The Bertz CT molecular complexity index is 1130. The number of hydrogen-bond donors (Lipinski definition) is 1. The highest BCUT2D eigenvalue weighted by Gasteiger charge is 2.23. The van der Waals surface area contributed by atoms with E-state index in [1.54, 1.807) is 19.1 Å². The van der Waals surface area contributed by atoms with Gasteiger partial charge < -0.3 is 4.57 Å². The maximum atomic E-state index is 12.8. The highest BCUT2D eigenvalue weighted by atomic mass is 32.2. The lowest BCUT2D eigenvalue weighted by Gasteiger charge is -2.25. The number of fused-ring (bicyclic) bond motifs is 1. The number of para-hydroxylation sites is 2. The van der Waals surface area contributed by atoms with Gasteiger partial charge in [0.1, 0.15) is 0 Å². The number of sulfone groups is 1. The predicted octanol–water partition coefficient (Wildman–Crippen LogP) is 4.59. The van der Waals surface area contributed by atoms with Crippen LogP contribution < -0.4 is 5.32 Å². The van der Waals surface area contributed by atoms with E-state index in [0.717, 1.165) is 23.9 Å². The van der Waals surface area contributed by atoms with Gasteiger partial charge in [-0.05, 0) is 49.2 Å². The van der Waals surface area contributed by atoms with Crippen LogP contribution in [0.25, 0.3) is 11.0 Å². The summed E-state index contributed by atoms with van der Waals surface area (Å²) < 4.78 is 26.1. The topological polar surface area (TPSA) is 81.1 Å². The number of carbonyl (C=O) groups excluding carboxylic acids is 1. The molecular formula is C22H25N3O3S. The molecule has 7 heteroatoms. The first kappa shape index (κ1) is 19.6. The Labute approximate surface area is 170 Å². The first-order valence-corrected chi connectivity index (χ1v) is 11.8. The Hall–Kier alpha value is -2.67. The molecule has 1 aliphatic carbocycles. The Balaban J connectivity index is 1.64. The number of nitrogens with zero attached hydrogens (tertiary/aromatic N) is 2. The molecule has 0 saturated heterocycles. The Morgan fingerprint density at radius 2 is 1.76 bits per heavy atom. The minimum Gasteiger partial charge on any atom is -0.307 e. The molecule has 0 spiro atoms. The summed E-state index contributed by atoms with van der Waals surface area (Å²) in [5.41, 5.74) is 2.29. The van der Waals surface area contributed by atoms with Gasteiger partial charge in [0.2, 0.25) is 5.95 Å². The number of carbonyl (C=O) groups is 1. The van der Waals surface area contributed by atoms with Crippen molar-refractivity contribution in [1.29, 1.82) is 0 Å². The number of hydrogen-bond acceptors (Lipinski definition) is 4. The van der Waals surface area contributed by atoms with Crippen molar-refractivity contribution in [2.45, 2.75) is 50.0 Å². The van der Waals surface area contributed by atoms with Crippen molar-refractivity contribution in [2.24, 2.45) is 0 Å². The number of nitrogens with one attached hydrogen (secondary N) is 1. The van der Waals surface area contributed by atoms with Crippen molar-refractivity contribution in [3.8, 4) is 0 Å². The van der Waals surface area contributed by atoms with E-state index in [-0.39, 0.29) is 16.6 Å². The van der Waals surface area contributed by atoms with Gasteiger partial charge in [0.15, 0.2) is 9.84 Å². The number of benzene rings is 2. The maximum absolute atomic E-state index is 12.8. The first-order valence-electron chi connectivity index (χ1n) is 10.1. The van der Waals surface area contributed by atoms with Crippen LogP contribution in [0.4, 0.5) is 5.95 Å². The standard InChI is InChI=1S/C22H25N3O3S/c1-2-29(27,28)18-14-12-16(13-15-18)21(26)24-22-23-19-10-6-7-11-20(19)25(22)17-8-4-3-5-9-17/h6-7,10-15,17H,2-5,8-9H2,1H3,(H,23,24,26). The van der Waals surface area contributed by atoms with Crippen LogP contribution in [0.1, 0.15) is 55.4 Å². The van der Waals surface area contributed by atoms with E-state index in [4.69, 9.17) is 0 Å². The van der Waals surface area contributed by atoms with Crippen molar-refractivity contribution in [3.05, 3.63) is 54.1 Å². The van der Waals surface area contributed by atoms with Crippen molar-refractivity contribution < 1.29 is 13.2 Å². The van der Waals surface area contributed by atoms with E-state index in [1.165, 1.54) is 31.4 Å². The molecule has 1 fully saturated rings. The summed E-state index contributed by atoms with van der Waals surface area (Å²) in [6, 6.07) is 14.3. The minimum absolute atomic E-state index is 0.0317. The fraction of sp³-hybridized carbons (Fsp3) is 0.364. The summed E-state index contributed by atoms with van der Waals surface area (Å²) in [5.74, 6) is 0.287. The highest BCUT2D eigenvalue weighted by Crippen LogP contribution is 2.34. The maximum Gasteiger partial charge on any atom is 0.257 e. The molecule has 2 aromatic carbocycles. The van der Waals surface area contributed by atoms with Crippen molar-refractivity contribution in [3.63, 3.8) is 0 Å². The largest absolute Gasteiger partial charge is 0.307 e. The van der Waals surface area contributed by atoms with Crippen LogP contribution in [0, 0.1) is 0 Å². The lowest BCUT2D eigenvalue weighted by Crippen LogP contribution is -2.20. The average Bonchev–Trinajstić information content (AvgIpc) is 3.12. The second-order valence-corrected chi connectivity index (χ2v) is 9.75. The smallest absolute Gasteiger partial charge is 0.257 e. The van der Waals surface area contributed by atoms with Crippen LogP contribution in [-0.4, -0.2) is 29.6 Å². The molecule has 1 aromatic heterocycles. The number of rotatable bonds is 5. The zero-order valence-corrected chi connectivity index (χ0v) is 17.3. The molecule has 1 saturated carbocycles. The van der Waals surface area contributed by atoms with Crippen LogP contribution in [0.3, 0.4) is 0 Å². The van der Waals surface area contributed by atoms with Gasteiger partial charge in [-0.3, -0.25) is 10.1 Å². The van der Waals surface area contributed by atoms with Gasteiger partial charge in [-0.25, -0.2) is 13.4 Å². The van der Waals surface area contributed by atoms with Crippen LogP contribution in [0.2, 0.25) is 0 Å². The van der Waals surface area contributed by atoms with Gasteiger partial charge >= 0.3 is 0 Å². The molecule has 1 amide bonds. The van der Waals surface area contributed by atoms with Gasteiger partial charge in [-0.1, -0.05) is 38.3 Å². The van der Waals surface area contributed by atoms with Crippen LogP contribution in [-0.2, 0) is 9.84 Å². The summed E-state index contributed by atoms with van der Waals surface area (Å²) >= 11 is 0. The molecular weight excluding hydrogens is 386 g/mol. The monoisotopic (exact) mass is 411 g/mol. The molecule has 152 valence electrons. The van der Waals surface area contributed by atoms with E-state index in [9.17, 15) is 13.2 Å². The minimum atomic E-state index is -3.29. The van der Waals surface area contributed by atoms with Gasteiger partial charge in [-0.2, -0.15) is 0 Å². The molecule has 1 N–H and O–H groups in total. The van der Waals surface area contributed by atoms with Crippen molar-refractivity contribution >= 4 is 32.7 Å².